The molecule has 0 saturated heterocycles. The molecule has 0 atom stereocenters. The molecule has 1 aromatic carbocycles. The molecule has 0 aliphatic heterocycles. The first kappa shape index (κ1) is 16.4. The number of amides is 1. The van der Waals surface area contributed by atoms with E-state index in [1.807, 2.05) is 31.2 Å². The van der Waals surface area contributed by atoms with E-state index in [1.165, 1.54) is 0 Å². The summed E-state index contributed by atoms with van der Waals surface area (Å²) in [6.07, 6.45) is 2.59. The average Bonchev–Trinajstić information content (AvgIpc) is 2.93. The Morgan fingerprint density at radius 3 is 2.91 bits per heavy atom. The van der Waals surface area contributed by atoms with Gasteiger partial charge in [0.05, 0.1) is 15.2 Å². The van der Waals surface area contributed by atoms with Crippen molar-refractivity contribution in [2.45, 2.75) is 32.6 Å². The summed E-state index contributed by atoms with van der Waals surface area (Å²) in [6.45, 7) is 2.38. The Balaban J connectivity index is 1.67. The van der Waals surface area contributed by atoms with Gasteiger partial charge in [-0.1, -0.05) is 19.1 Å². The van der Waals surface area contributed by atoms with Gasteiger partial charge in [0.15, 0.2) is 6.61 Å². The highest BCUT2D eigenvalue weighted by Crippen LogP contribution is 2.22. The first-order valence-electron chi connectivity index (χ1n) is 7.46. The molecule has 0 saturated carbocycles. The van der Waals surface area contributed by atoms with Crippen molar-refractivity contribution < 1.29 is 14.3 Å². The summed E-state index contributed by atoms with van der Waals surface area (Å²) in [7, 11) is 0. The number of benzene rings is 1. The molecule has 0 fully saturated rings. The van der Waals surface area contributed by atoms with Gasteiger partial charge in [-0.25, -0.2) is 4.98 Å². The number of fused-ring (bicyclic) bond motifs is 1. The number of nitrogens with one attached hydrogen (secondary N) is 1. The smallest absolute Gasteiger partial charge is 0.306 e. The molecule has 5 nitrogen and oxygen atoms in total. The minimum absolute atomic E-state index is 0.194. The summed E-state index contributed by atoms with van der Waals surface area (Å²) in [4.78, 5) is 27.4. The van der Waals surface area contributed by atoms with Gasteiger partial charge < -0.3 is 10.1 Å². The number of ether oxygens (including phenoxy) is 1. The molecule has 0 spiro atoms. The molecule has 1 aromatic heterocycles. The molecule has 0 aliphatic carbocycles. The number of carbonyl (C=O) groups is 2. The lowest BCUT2D eigenvalue weighted by atomic mass is 10.2. The van der Waals surface area contributed by atoms with Crippen LogP contribution in [0.2, 0.25) is 0 Å². The van der Waals surface area contributed by atoms with Crippen molar-refractivity contribution in [3.63, 3.8) is 0 Å². The Kier molecular flexibility index (Phi) is 6.33. The van der Waals surface area contributed by atoms with Crippen molar-refractivity contribution in [3.05, 3.63) is 29.3 Å². The van der Waals surface area contributed by atoms with Gasteiger partial charge in [-0.05, 0) is 31.4 Å². The molecule has 118 valence electrons. The molecule has 2 aromatic rings. The minimum atomic E-state index is -0.340. The van der Waals surface area contributed by atoms with E-state index in [9.17, 15) is 9.59 Å². The largest absolute Gasteiger partial charge is 0.456 e. The maximum absolute atomic E-state index is 11.6. The topological polar surface area (TPSA) is 68.3 Å². The minimum Gasteiger partial charge on any atom is -0.456 e. The standard InChI is InChI=1S/C16H20N2O3S/c1-2-10-17-14(19)11-21-16(20)9-5-8-15-18-12-6-3-4-7-13(12)22-15/h3-4,6-7H,2,5,8-11H2,1H3,(H,17,19). The van der Waals surface area contributed by atoms with E-state index in [0.29, 0.717) is 19.4 Å². The summed E-state index contributed by atoms with van der Waals surface area (Å²) in [5, 5.41) is 3.68. The number of carbonyl (C=O) groups excluding carboxylic acids is 2. The van der Waals surface area contributed by atoms with Gasteiger partial charge in [-0.2, -0.15) is 0 Å². The Morgan fingerprint density at radius 1 is 1.32 bits per heavy atom. The molecule has 1 heterocycles. The van der Waals surface area contributed by atoms with E-state index in [1.54, 1.807) is 11.3 Å². The predicted octanol–water partition coefficient (Wildman–Crippen LogP) is 2.69. The van der Waals surface area contributed by atoms with Gasteiger partial charge >= 0.3 is 5.97 Å². The van der Waals surface area contributed by atoms with Crippen molar-refractivity contribution in [1.29, 1.82) is 0 Å². The van der Waals surface area contributed by atoms with Crippen LogP contribution in [0.5, 0.6) is 0 Å². The second-order valence-corrected chi connectivity index (χ2v) is 6.05. The van der Waals surface area contributed by atoms with E-state index < -0.39 is 0 Å². The third kappa shape index (κ3) is 5.11. The van der Waals surface area contributed by atoms with Crippen LogP contribution in [0.4, 0.5) is 0 Å². The highest BCUT2D eigenvalue weighted by Gasteiger charge is 2.08. The summed E-state index contributed by atoms with van der Waals surface area (Å²) < 4.78 is 6.09. The quantitative estimate of drug-likeness (QED) is 0.759. The summed E-state index contributed by atoms with van der Waals surface area (Å²) in [5.41, 5.74) is 0.998. The van der Waals surface area contributed by atoms with Gasteiger partial charge in [-0.15, -0.1) is 11.3 Å². The van der Waals surface area contributed by atoms with Crippen LogP contribution in [0.15, 0.2) is 24.3 Å². The van der Waals surface area contributed by atoms with Crippen molar-refractivity contribution in [2.24, 2.45) is 0 Å². The molecular formula is C16H20N2O3S. The fraction of sp³-hybridized carbons (Fsp3) is 0.438. The van der Waals surface area contributed by atoms with Gasteiger partial charge in [0, 0.05) is 13.0 Å². The Morgan fingerprint density at radius 2 is 2.14 bits per heavy atom. The van der Waals surface area contributed by atoms with E-state index in [-0.39, 0.29) is 18.5 Å². The normalized spacial score (nSPS) is 10.6. The second-order valence-electron chi connectivity index (χ2n) is 4.94. The van der Waals surface area contributed by atoms with Crippen molar-refractivity contribution in [2.75, 3.05) is 13.2 Å². The van der Waals surface area contributed by atoms with Gasteiger partial charge in [0.1, 0.15) is 0 Å². The van der Waals surface area contributed by atoms with E-state index in [4.69, 9.17) is 4.74 Å². The number of para-hydroxylation sites is 1. The zero-order valence-electron chi connectivity index (χ0n) is 12.6. The van der Waals surface area contributed by atoms with Crippen LogP contribution in [0, 0.1) is 0 Å². The number of rotatable bonds is 8. The summed E-state index contributed by atoms with van der Waals surface area (Å²) in [5.74, 6) is -0.589. The zero-order chi connectivity index (χ0) is 15.8. The Labute approximate surface area is 133 Å². The Hall–Kier alpha value is -1.95. The summed E-state index contributed by atoms with van der Waals surface area (Å²) >= 11 is 1.65. The lowest BCUT2D eigenvalue weighted by Crippen LogP contribution is -2.29. The highest BCUT2D eigenvalue weighted by atomic mass is 32.1. The summed E-state index contributed by atoms with van der Waals surface area (Å²) in [6, 6.07) is 7.98. The second kappa shape index (κ2) is 8.48. The van der Waals surface area contributed by atoms with Crippen LogP contribution >= 0.6 is 11.3 Å². The van der Waals surface area contributed by atoms with E-state index >= 15 is 0 Å². The molecule has 0 radical (unpaired) electrons. The number of esters is 1. The number of nitrogens with zero attached hydrogens (tertiary/aromatic N) is 1. The molecule has 0 bridgehead atoms. The number of aromatic nitrogens is 1. The molecule has 0 unspecified atom stereocenters. The molecule has 0 aliphatic rings. The van der Waals surface area contributed by atoms with Crippen molar-refractivity contribution >= 4 is 33.4 Å². The SMILES string of the molecule is CCCNC(=O)COC(=O)CCCc1nc2ccccc2s1. The van der Waals surface area contributed by atoms with Gasteiger partial charge in [0.25, 0.3) is 5.91 Å². The van der Waals surface area contributed by atoms with Crippen LogP contribution in [0.25, 0.3) is 10.2 Å². The number of hydrogen-bond donors (Lipinski definition) is 1. The van der Waals surface area contributed by atoms with Crippen LogP contribution in [0.1, 0.15) is 31.2 Å². The van der Waals surface area contributed by atoms with Crippen molar-refractivity contribution in [3.8, 4) is 0 Å². The molecule has 22 heavy (non-hydrogen) atoms. The fourth-order valence-corrected chi connectivity index (χ4v) is 2.95. The third-order valence-electron chi connectivity index (χ3n) is 3.05. The first-order valence-corrected chi connectivity index (χ1v) is 8.27. The maximum Gasteiger partial charge on any atom is 0.306 e. The monoisotopic (exact) mass is 320 g/mol. The molecule has 6 heteroatoms. The number of aryl methyl sites for hydroxylation is 1. The molecule has 1 amide bonds. The fourth-order valence-electron chi connectivity index (χ4n) is 1.94. The number of hydrogen-bond acceptors (Lipinski definition) is 5. The van der Waals surface area contributed by atoms with Crippen molar-refractivity contribution in [1.82, 2.24) is 10.3 Å². The van der Waals surface area contributed by atoms with Crippen LogP contribution < -0.4 is 5.32 Å². The lowest BCUT2D eigenvalue weighted by Gasteiger charge is -2.05. The lowest BCUT2D eigenvalue weighted by molar-refractivity contribution is -0.148. The number of thiazole rings is 1. The average molecular weight is 320 g/mol. The molecule has 2 rings (SSSR count). The predicted molar refractivity (Wildman–Crippen MR) is 86.8 cm³/mol. The van der Waals surface area contributed by atoms with E-state index in [2.05, 4.69) is 10.3 Å². The highest BCUT2D eigenvalue weighted by molar-refractivity contribution is 7.18. The Bertz CT molecular complexity index is 606. The third-order valence-corrected chi connectivity index (χ3v) is 4.14. The van der Waals surface area contributed by atoms with Crippen LogP contribution in [-0.4, -0.2) is 30.0 Å². The van der Waals surface area contributed by atoms with E-state index in [0.717, 1.165) is 28.1 Å². The molecular weight excluding hydrogens is 300 g/mol. The van der Waals surface area contributed by atoms with Crippen LogP contribution in [0.3, 0.4) is 0 Å². The molecule has 1 N–H and O–H groups in total. The van der Waals surface area contributed by atoms with Gasteiger partial charge in [0.2, 0.25) is 0 Å². The maximum atomic E-state index is 11.6. The first-order chi connectivity index (χ1) is 10.7. The van der Waals surface area contributed by atoms with Gasteiger partial charge in [-0.3, -0.25) is 9.59 Å². The zero-order valence-corrected chi connectivity index (χ0v) is 13.4. The van der Waals surface area contributed by atoms with Crippen LogP contribution in [-0.2, 0) is 20.7 Å².